The molecule has 0 aromatic carbocycles. The van der Waals surface area contributed by atoms with Crippen molar-refractivity contribution in [1.29, 1.82) is 0 Å². The van der Waals surface area contributed by atoms with E-state index in [1.165, 1.54) is 0 Å². The molecule has 0 saturated carbocycles. The predicted octanol–water partition coefficient (Wildman–Crippen LogP) is 3.42. The number of hydrogen-bond acceptors (Lipinski definition) is 5. The molecule has 8 heteroatoms. The highest BCUT2D eigenvalue weighted by atomic mass is 32.1. The summed E-state index contributed by atoms with van der Waals surface area (Å²) in [5.41, 5.74) is 5.08. The standard InChI is InChI=1S/C23H25N5O2S/c1-4-30-20(29)14-27-22(21(26-23(27)31)19-9-5-6-11-25-19)18-12-15(2)28(16(18)3)17-8-7-10-24-13-17/h5-13,21-22H,4,14H2,1-3H3,(H,26,31)/t21-,22-/m0/s1. The Bertz CT molecular complexity index is 1080. The lowest BCUT2D eigenvalue weighted by molar-refractivity contribution is -0.143. The lowest BCUT2D eigenvalue weighted by atomic mass is 9.97. The topological polar surface area (TPSA) is 72.3 Å². The second-order valence-electron chi connectivity index (χ2n) is 7.43. The van der Waals surface area contributed by atoms with E-state index >= 15 is 0 Å². The second-order valence-corrected chi connectivity index (χ2v) is 7.82. The first-order valence-electron chi connectivity index (χ1n) is 10.2. The highest BCUT2D eigenvalue weighted by Gasteiger charge is 2.42. The SMILES string of the molecule is CCOC(=O)CN1C(=S)N[C@@H](c2ccccn2)[C@@H]1c1cc(C)n(-c2cccnc2)c1C. The summed E-state index contributed by atoms with van der Waals surface area (Å²) >= 11 is 5.64. The first-order chi connectivity index (χ1) is 15.0. The fourth-order valence-electron chi connectivity index (χ4n) is 4.23. The molecule has 1 N–H and O–H groups in total. The molecule has 4 heterocycles. The summed E-state index contributed by atoms with van der Waals surface area (Å²) in [6.45, 7) is 6.35. The molecule has 0 radical (unpaired) electrons. The quantitative estimate of drug-likeness (QED) is 0.470. The van der Waals surface area contributed by atoms with Gasteiger partial charge in [0, 0.05) is 23.8 Å². The maximum atomic E-state index is 12.4. The van der Waals surface area contributed by atoms with E-state index in [9.17, 15) is 4.79 Å². The van der Waals surface area contributed by atoms with E-state index in [1.54, 1.807) is 19.3 Å². The summed E-state index contributed by atoms with van der Waals surface area (Å²) < 4.78 is 7.38. The summed E-state index contributed by atoms with van der Waals surface area (Å²) in [4.78, 5) is 23.1. The zero-order chi connectivity index (χ0) is 22.0. The number of rotatable bonds is 6. The molecule has 2 atom stereocenters. The van der Waals surface area contributed by atoms with Gasteiger partial charge in [-0.15, -0.1) is 0 Å². The predicted molar refractivity (Wildman–Crippen MR) is 122 cm³/mol. The number of nitrogens with zero attached hydrogens (tertiary/aromatic N) is 4. The third kappa shape index (κ3) is 4.03. The Hall–Kier alpha value is -3.26. The van der Waals surface area contributed by atoms with Gasteiger partial charge in [-0.05, 0) is 68.9 Å². The van der Waals surface area contributed by atoms with Crippen LogP contribution in [0.3, 0.4) is 0 Å². The number of aryl methyl sites for hydroxylation is 1. The van der Waals surface area contributed by atoms with E-state index < -0.39 is 0 Å². The van der Waals surface area contributed by atoms with Gasteiger partial charge in [0.1, 0.15) is 6.54 Å². The fraction of sp³-hybridized carbons (Fsp3) is 0.304. The van der Waals surface area contributed by atoms with Crippen molar-refractivity contribution >= 4 is 23.3 Å². The highest BCUT2D eigenvalue weighted by Crippen LogP contribution is 2.41. The maximum absolute atomic E-state index is 12.4. The molecule has 1 saturated heterocycles. The van der Waals surface area contributed by atoms with Crippen LogP contribution in [0.2, 0.25) is 0 Å². The van der Waals surface area contributed by atoms with Gasteiger partial charge >= 0.3 is 5.97 Å². The molecule has 0 unspecified atom stereocenters. The van der Waals surface area contributed by atoms with Gasteiger partial charge in [-0.2, -0.15) is 0 Å². The zero-order valence-corrected chi connectivity index (χ0v) is 18.6. The number of esters is 1. The summed E-state index contributed by atoms with van der Waals surface area (Å²) in [5, 5.41) is 3.89. The van der Waals surface area contributed by atoms with Gasteiger partial charge in [0.25, 0.3) is 0 Å². The number of thiocarbonyl (C=S) groups is 1. The van der Waals surface area contributed by atoms with Gasteiger partial charge in [-0.1, -0.05) is 6.07 Å². The molecule has 160 valence electrons. The summed E-state index contributed by atoms with van der Waals surface area (Å²) in [6.07, 6.45) is 5.37. The molecule has 1 aliphatic heterocycles. The molecule has 1 aliphatic rings. The largest absolute Gasteiger partial charge is 0.465 e. The molecule has 4 rings (SSSR count). The van der Waals surface area contributed by atoms with Crippen LogP contribution < -0.4 is 5.32 Å². The summed E-state index contributed by atoms with van der Waals surface area (Å²) in [6, 6.07) is 11.5. The molecule has 0 amide bonds. The van der Waals surface area contributed by atoms with Gasteiger partial charge in [0.15, 0.2) is 5.11 Å². The molecule has 31 heavy (non-hydrogen) atoms. The van der Waals surface area contributed by atoms with Crippen LogP contribution in [-0.2, 0) is 9.53 Å². The minimum absolute atomic E-state index is 0.0736. The van der Waals surface area contributed by atoms with Crippen LogP contribution in [0.25, 0.3) is 5.69 Å². The molecule has 0 aliphatic carbocycles. The summed E-state index contributed by atoms with van der Waals surface area (Å²) in [7, 11) is 0. The van der Waals surface area contributed by atoms with Crippen LogP contribution in [0.15, 0.2) is 55.0 Å². The minimum Gasteiger partial charge on any atom is -0.465 e. The van der Waals surface area contributed by atoms with Crippen molar-refractivity contribution in [2.75, 3.05) is 13.2 Å². The van der Waals surface area contributed by atoms with Gasteiger partial charge in [0.05, 0.1) is 36.3 Å². The van der Waals surface area contributed by atoms with Crippen molar-refractivity contribution in [2.45, 2.75) is 32.9 Å². The molecule has 3 aromatic heterocycles. The van der Waals surface area contributed by atoms with Crippen molar-refractivity contribution in [2.24, 2.45) is 0 Å². The Kier molecular flexibility index (Phi) is 5.99. The van der Waals surface area contributed by atoms with Crippen molar-refractivity contribution < 1.29 is 9.53 Å². The second kappa shape index (κ2) is 8.85. The smallest absolute Gasteiger partial charge is 0.325 e. The monoisotopic (exact) mass is 435 g/mol. The van der Waals surface area contributed by atoms with Gasteiger partial charge in [-0.3, -0.25) is 14.8 Å². The first kappa shape index (κ1) is 21.0. The zero-order valence-electron chi connectivity index (χ0n) is 17.8. The van der Waals surface area contributed by atoms with E-state index in [1.807, 2.05) is 41.4 Å². The number of carbonyl (C=O) groups excluding carboxylic acids is 1. The van der Waals surface area contributed by atoms with Crippen LogP contribution in [0, 0.1) is 13.8 Å². The lowest BCUT2D eigenvalue weighted by Gasteiger charge is -2.27. The number of nitrogens with one attached hydrogen (secondary N) is 1. The molecule has 1 fully saturated rings. The number of carbonyl (C=O) groups is 1. The van der Waals surface area contributed by atoms with Crippen molar-refractivity contribution in [3.8, 4) is 5.69 Å². The number of hydrogen-bond donors (Lipinski definition) is 1. The molecule has 0 bridgehead atoms. The van der Waals surface area contributed by atoms with Crippen LogP contribution in [-0.4, -0.2) is 43.7 Å². The Morgan fingerprint density at radius 3 is 2.74 bits per heavy atom. The molecule has 7 nitrogen and oxygen atoms in total. The molecular weight excluding hydrogens is 410 g/mol. The number of pyridine rings is 2. The number of ether oxygens (including phenoxy) is 1. The Morgan fingerprint density at radius 1 is 1.23 bits per heavy atom. The fourth-order valence-corrected chi connectivity index (χ4v) is 4.54. The van der Waals surface area contributed by atoms with E-state index in [-0.39, 0.29) is 24.6 Å². The summed E-state index contributed by atoms with van der Waals surface area (Å²) in [5.74, 6) is -0.306. The lowest BCUT2D eigenvalue weighted by Crippen LogP contribution is -2.35. The Labute approximate surface area is 187 Å². The van der Waals surface area contributed by atoms with Gasteiger partial charge in [0.2, 0.25) is 0 Å². The van der Waals surface area contributed by atoms with E-state index in [2.05, 4.69) is 39.8 Å². The average molecular weight is 436 g/mol. The first-order valence-corrected chi connectivity index (χ1v) is 10.6. The van der Waals surface area contributed by atoms with Crippen LogP contribution in [0.1, 0.15) is 41.7 Å². The van der Waals surface area contributed by atoms with Crippen molar-refractivity contribution in [3.05, 3.63) is 77.6 Å². The third-order valence-corrected chi connectivity index (χ3v) is 5.85. The minimum atomic E-state index is -0.306. The maximum Gasteiger partial charge on any atom is 0.325 e. The number of aromatic nitrogens is 3. The highest BCUT2D eigenvalue weighted by molar-refractivity contribution is 7.80. The van der Waals surface area contributed by atoms with Crippen molar-refractivity contribution in [1.82, 2.24) is 24.8 Å². The van der Waals surface area contributed by atoms with Crippen LogP contribution in [0.5, 0.6) is 0 Å². The van der Waals surface area contributed by atoms with E-state index in [4.69, 9.17) is 17.0 Å². The van der Waals surface area contributed by atoms with Crippen LogP contribution >= 0.6 is 12.2 Å². The normalized spacial score (nSPS) is 18.2. The third-order valence-electron chi connectivity index (χ3n) is 5.50. The molecule has 0 spiro atoms. The Morgan fingerprint density at radius 2 is 2.06 bits per heavy atom. The van der Waals surface area contributed by atoms with Gasteiger partial charge in [-0.25, -0.2) is 0 Å². The molecule has 3 aromatic rings. The van der Waals surface area contributed by atoms with E-state index in [0.717, 1.165) is 28.3 Å². The van der Waals surface area contributed by atoms with Crippen LogP contribution in [0.4, 0.5) is 0 Å². The van der Waals surface area contributed by atoms with Gasteiger partial charge < -0.3 is 19.5 Å². The van der Waals surface area contributed by atoms with E-state index in [0.29, 0.717) is 11.7 Å². The average Bonchev–Trinajstić information content (AvgIpc) is 3.25. The Balaban J connectivity index is 1.81. The molecular formula is C23H25N5O2S. The van der Waals surface area contributed by atoms with Crippen molar-refractivity contribution in [3.63, 3.8) is 0 Å².